The highest BCUT2D eigenvalue weighted by Crippen LogP contribution is 2.54. The second-order valence-corrected chi connectivity index (χ2v) is 27.2. The first-order valence-corrected chi connectivity index (χ1v) is 29.9. The molecule has 7 heteroatoms. The molecule has 0 unspecified atom stereocenters. The van der Waals surface area contributed by atoms with E-state index in [9.17, 15) is 0 Å². The van der Waals surface area contributed by atoms with E-state index in [1.165, 1.54) is 144 Å². The van der Waals surface area contributed by atoms with Gasteiger partial charge in [-0.15, -0.1) is 45.3 Å². The van der Waals surface area contributed by atoms with Crippen LogP contribution >= 0.6 is 45.3 Å². The van der Waals surface area contributed by atoms with Crippen LogP contribution in [0.1, 0.15) is 52.7 Å². The second-order valence-electron chi connectivity index (χ2n) is 22.9. The molecule has 0 saturated carbocycles. The number of nitrogens with zero attached hydrogens (tertiary/aromatic N) is 2. The summed E-state index contributed by atoms with van der Waals surface area (Å²) in [6.07, 6.45) is 0. The highest BCUT2D eigenvalue weighted by molar-refractivity contribution is 7.40. The van der Waals surface area contributed by atoms with Gasteiger partial charge in [-0.25, -0.2) is 0 Å². The van der Waals surface area contributed by atoms with E-state index in [0.717, 1.165) is 0 Å². The van der Waals surface area contributed by atoms with Gasteiger partial charge < -0.3 is 9.80 Å². The van der Waals surface area contributed by atoms with Crippen molar-refractivity contribution in [3.05, 3.63) is 223 Å². The van der Waals surface area contributed by atoms with Crippen molar-refractivity contribution >= 4 is 142 Å². The lowest BCUT2D eigenvalue weighted by Crippen LogP contribution is -2.59. The molecule has 0 fully saturated rings. The molecule has 0 atom stereocenters. The van der Waals surface area contributed by atoms with Crippen LogP contribution in [-0.2, 0) is 10.8 Å². The first kappa shape index (κ1) is 46.8. The zero-order valence-electron chi connectivity index (χ0n) is 43.8. The highest BCUT2D eigenvalue weighted by atomic mass is 32.1. The second kappa shape index (κ2) is 17.5. The molecule has 6 heterocycles. The maximum Gasteiger partial charge on any atom is 0.277 e. The number of rotatable bonds is 6. The summed E-state index contributed by atoms with van der Waals surface area (Å²) in [6.45, 7) is 14.1. The molecule has 0 N–H and O–H groups in total. The summed E-state index contributed by atoms with van der Waals surface area (Å²) in [5.41, 5.74) is 18.6. The first-order chi connectivity index (χ1) is 37.4. The fraction of sp³-hybridized carbons (Fsp3) is 0.114. The standard InChI is InChI=1S/C70H53BN2S4/c1-69(2,3)48-30-34-60-52(40-48)65-67(76-60)71-64-56(72(65)54-32-28-46(36-50(54)42-18-9-7-10-19-42)62-38-44-22-13-15-26-58(44)74-62)24-17-25-57(64)73(66-53-41-49(70(4,5)6)31-35-61(53)77-68(66)71)55-33-29-47(37-51(55)43-20-11-8-12-21-43)63-39-45-23-14-16-27-59(45)75-63/h7-41H,1-6H3. The van der Waals surface area contributed by atoms with Crippen LogP contribution in [-0.4, -0.2) is 6.71 Å². The van der Waals surface area contributed by atoms with Gasteiger partial charge in [0.05, 0.1) is 22.7 Å². The normalized spacial score (nSPS) is 13.2. The number of thiophene rings is 4. The van der Waals surface area contributed by atoms with Crippen molar-refractivity contribution in [1.29, 1.82) is 0 Å². The van der Waals surface area contributed by atoms with Gasteiger partial charge in [0, 0.05) is 71.4 Å². The lowest BCUT2D eigenvalue weighted by molar-refractivity contribution is 0.591. The molecule has 0 spiro atoms. The van der Waals surface area contributed by atoms with Gasteiger partial charge in [0.1, 0.15) is 0 Å². The van der Waals surface area contributed by atoms with Crippen LogP contribution in [0.5, 0.6) is 0 Å². The molecule has 0 saturated heterocycles. The molecule has 0 aliphatic carbocycles. The Balaban J connectivity index is 1.04. The molecule has 9 aromatic carbocycles. The van der Waals surface area contributed by atoms with Crippen LogP contribution in [0.25, 0.3) is 83.5 Å². The third-order valence-electron chi connectivity index (χ3n) is 16.0. The van der Waals surface area contributed by atoms with Crippen LogP contribution in [0.2, 0.25) is 0 Å². The lowest BCUT2D eigenvalue weighted by Gasteiger charge is -2.43. The van der Waals surface area contributed by atoms with Crippen molar-refractivity contribution in [3.8, 4) is 43.1 Å². The van der Waals surface area contributed by atoms with Crippen molar-refractivity contribution < 1.29 is 0 Å². The Bertz CT molecular complexity index is 4150. The van der Waals surface area contributed by atoms with Gasteiger partial charge in [-0.2, -0.15) is 0 Å². The monoisotopic (exact) mass is 1060 g/mol. The zero-order chi connectivity index (χ0) is 51.9. The third kappa shape index (κ3) is 7.53. The Morgan fingerprint density at radius 3 is 1.19 bits per heavy atom. The molecule has 0 bridgehead atoms. The molecular formula is C70H53BN2S4. The zero-order valence-corrected chi connectivity index (χ0v) is 47.1. The molecule has 2 aliphatic rings. The van der Waals surface area contributed by atoms with Crippen molar-refractivity contribution in [2.24, 2.45) is 0 Å². The minimum Gasteiger partial charge on any atom is -0.309 e. The summed E-state index contributed by atoms with van der Waals surface area (Å²) in [4.78, 5) is 7.89. The Kier molecular flexibility index (Phi) is 10.6. The maximum atomic E-state index is 2.67. The molecular weight excluding hydrogens is 1010 g/mol. The molecule has 4 aromatic heterocycles. The van der Waals surface area contributed by atoms with E-state index in [0.29, 0.717) is 0 Å². The largest absolute Gasteiger partial charge is 0.309 e. The predicted molar refractivity (Wildman–Crippen MR) is 341 cm³/mol. The quantitative estimate of drug-likeness (QED) is 0.153. The van der Waals surface area contributed by atoms with Gasteiger partial charge in [0.15, 0.2) is 0 Å². The Labute approximate surface area is 466 Å². The molecule has 0 radical (unpaired) electrons. The van der Waals surface area contributed by atoms with E-state index in [4.69, 9.17) is 0 Å². The summed E-state index contributed by atoms with van der Waals surface area (Å²) in [5, 5.41) is 5.18. The SMILES string of the molecule is CC(C)(C)c1ccc2sc3c(c2c1)N(c1ccc(-c2cc4ccccc4s2)cc1-c1ccccc1)c1cccc2c1B3c1sc3ccc(C(C)(C)C)cc3c1N2c1ccc(-c2cc3ccccc3s2)cc1-c1ccccc1. The topological polar surface area (TPSA) is 6.48 Å². The summed E-state index contributed by atoms with van der Waals surface area (Å²) in [5.74, 6) is 0. The first-order valence-electron chi connectivity index (χ1n) is 26.7. The summed E-state index contributed by atoms with van der Waals surface area (Å²) in [6, 6.07) is 80.7. The lowest BCUT2D eigenvalue weighted by atomic mass is 9.39. The van der Waals surface area contributed by atoms with Crippen molar-refractivity contribution in [1.82, 2.24) is 0 Å². The smallest absolute Gasteiger partial charge is 0.277 e. The van der Waals surface area contributed by atoms with Gasteiger partial charge in [0.2, 0.25) is 0 Å². The third-order valence-corrected chi connectivity index (χ3v) is 20.8. The molecule has 370 valence electrons. The number of hydrogen-bond acceptors (Lipinski definition) is 6. The minimum absolute atomic E-state index is 0.000618. The average molecular weight is 1060 g/mol. The molecule has 0 amide bonds. The fourth-order valence-electron chi connectivity index (χ4n) is 12.1. The molecule has 2 nitrogen and oxygen atoms in total. The maximum absolute atomic E-state index is 2.67. The van der Waals surface area contributed by atoms with E-state index in [2.05, 4.69) is 264 Å². The van der Waals surface area contributed by atoms with Crippen LogP contribution in [0.15, 0.2) is 212 Å². The van der Waals surface area contributed by atoms with E-state index in [1.54, 1.807) is 0 Å². The van der Waals surface area contributed by atoms with E-state index in [1.807, 2.05) is 45.3 Å². The molecule has 77 heavy (non-hydrogen) atoms. The van der Waals surface area contributed by atoms with Gasteiger partial charge in [-0.05, 0) is 145 Å². The Morgan fingerprint density at radius 1 is 0.338 bits per heavy atom. The van der Waals surface area contributed by atoms with E-state index < -0.39 is 0 Å². The number of benzene rings is 9. The number of hydrogen-bond donors (Lipinski definition) is 0. The van der Waals surface area contributed by atoms with Crippen LogP contribution in [0, 0.1) is 0 Å². The molecule has 2 aliphatic heterocycles. The van der Waals surface area contributed by atoms with Gasteiger partial charge in [-0.1, -0.05) is 169 Å². The van der Waals surface area contributed by atoms with E-state index in [-0.39, 0.29) is 17.5 Å². The molecule has 15 rings (SSSR count). The summed E-state index contributed by atoms with van der Waals surface area (Å²) < 4.78 is 8.03. The Morgan fingerprint density at radius 2 is 0.766 bits per heavy atom. The fourth-order valence-corrected chi connectivity index (χ4v) is 16.8. The van der Waals surface area contributed by atoms with Crippen LogP contribution in [0.3, 0.4) is 0 Å². The van der Waals surface area contributed by atoms with Gasteiger partial charge in [0.25, 0.3) is 6.71 Å². The van der Waals surface area contributed by atoms with Crippen LogP contribution in [0.4, 0.5) is 34.1 Å². The van der Waals surface area contributed by atoms with E-state index >= 15 is 0 Å². The minimum atomic E-state index is -0.0353. The van der Waals surface area contributed by atoms with Crippen LogP contribution < -0.4 is 24.8 Å². The highest BCUT2D eigenvalue weighted by Gasteiger charge is 2.47. The summed E-state index contributed by atoms with van der Waals surface area (Å²) >= 11 is 7.72. The molecule has 13 aromatic rings. The van der Waals surface area contributed by atoms with Gasteiger partial charge >= 0.3 is 0 Å². The van der Waals surface area contributed by atoms with Gasteiger partial charge in [-0.3, -0.25) is 0 Å². The number of anilines is 6. The number of fused-ring (bicyclic) bond motifs is 10. The Hall–Kier alpha value is -7.52. The van der Waals surface area contributed by atoms with Crippen molar-refractivity contribution in [2.45, 2.75) is 52.4 Å². The average Bonchev–Trinajstić information content (AvgIpc) is 4.37. The summed E-state index contributed by atoms with van der Waals surface area (Å²) in [7, 11) is 0. The van der Waals surface area contributed by atoms with Crippen molar-refractivity contribution in [2.75, 3.05) is 9.80 Å². The van der Waals surface area contributed by atoms with Crippen molar-refractivity contribution in [3.63, 3.8) is 0 Å². The predicted octanol–water partition coefficient (Wildman–Crippen LogP) is 19.9.